The molecule has 8 nitrogen and oxygen atoms in total. The van der Waals surface area contributed by atoms with Gasteiger partial charge in [-0.2, -0.15) is 0 Å². The number of fused-ring (bicyclic) bond motifs is 2. The van der Waals surface area contributed by atoms with Crippen molar-refractivity contribution in [1.82, 2.24) is 30.3 Å². The second-order valence-corrected chi connectivity index (χ2v) is 7.39. The van der Waals surface area contributed by atoms with Gasteiger partial charge in [0.15, 0.2) is 5.82 Å². The predicted molar refractivity (Wildman–Crippen MR) is 106 cm³/mol. The van der Waals surface area contributed by atoms with Crippen molar-refractivity contribution < 1.29 is 9.50 Å². The molecule has 0 saturated carbocycles. The average molecular weight is 393 g/mol. The van der Waals surface area contributed by atoms with Crippen LogP contribution >= 0.6 is 0 Å². The Bertz CT molecular complexity index is 1040. The molecule has 4 heterocycles. The molecular weight excluding hydrogens is 373 g/mol. The Morgan fingerprint density at radius 3 is 2.69 bits per heavy atom. The van der Waals surface area contributed by atoms with Gasteiger partial charge in [0.25, 0.3) is 0 Å². The molecule has 29 heavy (non-hydrogen) atoms. The summed E-state index contributed by atoms with van der Waals surface area (Å²) in [4.78, 5) is 1.85. The third kappa shape index (κ3) is 3.13. The minimum absolute atomic E-state index is 0.0800. The van der Waals surface area contributed by atoms with Crippen LogP contribution in [-0.2, 0) is 0 Å². The lowest BCUT2D eigenvalue weighted by Crippen LogP contribution is -2.56. The molecular formula is C20H20FN7O. The lowest BCUT2D eigenvalue weighted by Gasteiger charge is -2.38. The number of phenolic OH excluding ortho intramolecular Hbond substituents is 1. The Kier molecular flexibility index (Phi) is 4.24. The highest BCUT2D eigenvalue weighted by Crippen LogP contribution is 2.32. The zero-order valence-electron chi connectivity index (χ0n) is 15.7. The van der Waals surface area contributed by atoms with Crippen LogP contribution in [0.4, 0.5) is 10.2 Å². The van der Waals surface area contributed by atoms with E-state index in [9.17, 15) is 9.50 Å². The minimum atomic E-state index is -1.01. The van der Waals surface area contributed by atoms with Crippen LogP contribution in [0.25, 0.3) is 16.9 Å². The van der Waals surface area contributed by atoms with Crippen LogP contribution in [0.3, 0.4) is 0 Å². The molecule has 0 spiro atoms. The van der Waals surface area contributed by atoms with E-state index in [0.717, 1.165) is 5.69 Å². The van der Waals surface area contributed by atoms with Gasteiger partial charge >= 0.3 is 0 Å². The third-order valence-corrected chi connectivity index (χ3v) is 5.65. The summed E-state index contributed by atoms with van der Waals surface area (Å²) in [7, 11) is 1.84. The number of rotatable bonds is 4. The number of aromatic nitrogens is 5. The van der Waals surface area contributed by atoms with Gasteiger partial charge in [-0.25, -0.2) is 4.39 Å². The number of hydrogen-bond acceptors (Lipinski definition) is 7. The summed E-state index contributed by atoms with van der Waals surface area (Å²) in [5.41, 5.74) is 1.85. The van der Waals surface area contributed by atoms with Crippen LogP contribution in [0.2, 0.25) is 0 Å². The zero-order valence-corrected chi connectivity index (χ0v) is 15.7. The van der Waals surface area contributed by atoms with E-state index in [2.05, 4.69) is 25.7 Å². The van der Waals surface area contributed by atoms with E-state index in [-0.39, 0.29) is 23.9 Å². The molecule has 2 N–H and O–H groups in total. The van der Waals surface area contributed by atoms with Crippen LogP contribution < -0.4 is 10.2 Å². The van der Waals surface area contributed by atoms with E-state index in [0.29, 0.717) is 23.5 Å². The van der Waals surface area contributed by atoms with Crippen molar-refractivity contribution in [2.24, 2.45) is 0 Å². The molecule has 1 aromatic carbocycles. The zero-order chi connectivity index (χ0) is 20.0. The summed E-state index contributed by atoms with van der Waals surface area (Å²) < 4.78 is 16.5. The third-order valence-electron chi connectivity index (χ3n) is 5.65. The Morgan fingerprint density at radius 1 is 1.14 bits per heavy atom. The second kappa shape index (κ2) is 6.93. The molecule has 2 aromatic heterocycles. The molecule has 5 rings (SSSR count). The number of alkyl halides is 1. The van der Waals surface area contributed by atoms with E-state index < -0.39 is 6.17 Å². The van der Waals surface area contributed by atoms with Gasteiger partial charge in [0.05, 0.1) is 23.5 Å². The molecule has 0 amide bonds. The molecule has 1 fully saturated rings. The molecule has 0 unspecified atom stereocenters. The van der Waals surface area contributed by atoms with Crippen LogP contribution in [0.1, 0.15) is 6.42 Å². The first kappa shape index (κ1) is 17.7. The molecule has 4 atom stereocenters. The summed E-state index contributed by atoms with van der Waals surface area (Å²) in [5.74, 6) is 0.680. The van der Waals surface area contributed by atoms with Gasteiger partial charge in [-0.05, 0) is 30.7 Å². The number of phenols is 1. The lowest BCUT2D eigenvalue weighted by molar-refractivity contribution is 0.187. The Hall–Kier alpha value is -3.33. The van der Waals surface area contributed by atoms with Gasteiger partial charge in [0.1, 0.15) is 24.6 Å². The van der Waals surface area contributed by atoms with Crippen molar-refractivity contribution in [3.63, 3.8) is 0 Å². The van der Waals surface area contributed by atoms with Gasteiger partial charge in [0, 0.05) is 24.7 Å². The largest absolute Gasteiger partial charge is 0.507 e. The highest BCUT2D eigenvalue weighted by Gasteiger charge is 2.41. The number of hydrogen-bond donors (Lipinski definition) is 2. The highest BCUT2D eigenvalue weighted by atomic mass is 19.1. The fourth-order valence-corrected chi connectivity index (χ4v) is 4.02. The van der Waals surface area contributed by atoms with Gasteiger partial charge in [-0.15, -0.1) is 20.4 Å². The van der Waals surface area contributed by atoms with Gasteiger partial charge in [-0.1, -0.05) is 12.2 Å². The van der Waals surface area contributed by atoms with Crippen LogP contribution in [0, 0.1) is 0 Å². The van der Waals surface area contributed by atoms with Gasteiger partial charge in [-0.3, -0.25) is 4.57 Å². The van der Waals surface area contributed by atoms with Crippen molar-refractivity contribution in [2.75, 3.05) is 11.9 Å². The maximum absolute atomic E-state index is 14.8. The monoisotopic (exact) mass is 393 g/mol. The summed E-state index contributed by atoms with van der Waals surface area (Å²) in [5, 5.41) is 29.7. The standard InChI is InChI=1S/C20H20FN7O/c1-27(17-8-12-2-5-16(24-12)20(17)21)19-7-6-15(25-26-19)14-4-3-13(9-18(14)29)28-10-22-23-11-28/h2-7,9-12,16-17,20,24,29H,8H2,1H3/t12-,16+,17-,20+/m0/s1. The number of aromatic hydroxyl groups is 1. The lowest BCUT2D eigenvalue weighted by atomic mass is 9.95. The van der Waals surface area contributed by atoms with E-state index in [1.807, 2.05) is 30.2 Å². The first-order chi connectivity index (χ1) is 14.1. The van der Waals surface area contributed by atoms with E-state index >= 15 is 0 Å². The molecule has 2 aliphatic rings. The topological polar surface area (TPSA) is 92.0 Å². The minimum Gasteiger partial charge on any atom is -0.507 e. The maximum atomic E-state index is 14.8. The number of piperidine rings is 1. The number of anilines is 1. The smallest absolute Gasteiger partial charge is 0.151 e. The fraction of sp³-hybridized carbons (Fsp3) is 0.300. The Morgan fingerprint density at radius 2 is 1.97 bits per heavy atom. The quantitative estimate of drug-likeness (QED) is 0.654. The van der Waals surface area contributed by atoms with E-state index in [1.165, 1.54) is 0 Å². The van der Waals surface area contributed by atoms with Gasteiger partial charge < -0.3 is 15.3 Å². The van der Waals surface area contributed by atoms with Crippen molar-refractivity contribution in [3.8, 4) is 22.7 Å². The van der Waals surface area contributed by atoms with Crippen LogP contribution in [0.5, 0.6) is 5.75 Å². The second-order valence-electron chi connectivity index (χ2n) is 7.39. The molecule has 2 bridgehead atoms. The summed E-state index contributed by atoms with van der Waals surface area (Å²) >= 11 is 0. The molecule has 9 heteroatoms. The van der Waals surface area contributed by atoms with Gasteiger partial charge in [0.2, 0.25) is 0 Å². The highest BCUT2D eigenvalue weighted by molar-refractivity contribution is 5.69. The number of halogens is 1. The molecule has 148 valence electrons. The first-order valence-electron chi connectivity index (χ1n) is 9.43. The summed E-state index contributed by atoms with van der Waals surface area (Å²) in [6, 6.07) is 8.51. The van der Waals surface area contributed by atoms with Crippen molar-refractivity contribution in [2.45, 2.75) is 30.7 Å². The number of nitrogens with zero attached hydrogens (tertiary/aromatic N) is 6. The van der Waals surface area contributed by atoms with Crippen LogP contribution in [0.15, 0.2) is 55.1 Å². The molecule has 3 aromatic rings. The van der Waals surface area contributed by atoms with Crippen molar-refractivity contribution in [3.05, 3.63) is 55.1 Å². The van der Waals surface area contributed by atoms with Crippen molar-refractivity contribution >= 4 is 5.82 Å². The molecule has 1 saturated heterocycles. The number of benzene rings is 1. The fourth-order valence-electron chi connectivity index (χ4n) is 4.02. The summed E-state index contributed by atoms with van der Waals surface area (Å²) in [6.45, 7) is 0. The van der Waals surface area contributed by atoms with Crippen LogP contribution in [-0.4, -0.2) is 61.4 Å². The normalized spacial score (nSPS) is 25.3. The van der Waals surface area contributed by atoms with E-state index in [4.69, 9.17) is 0 Å². The SMILES string of the molecule is CN(c1ccc(-c2ccc(-n3cnnc3)cc2O)nn1)[C@H]1C[C@@H]2C=C[C@@H](N2)[C@H]1F. The summed E-state index contributed by atoms with van der Waals surface area (Å²) in [6.07, 6.45) is 6.72. The average Bonchev–Trinajstić information content (AvgIpc) is 3.41. The van der Waals surface area contributed by atoms with Crippen molar-refractivity contribution in [1.29, 1.82) is 0 Å². The molecule has 0 radical (unpaired) electrons. The molecule has 0 aliphatic carbocycles. The Balaban J connectivity index is 1.36. The molecule has 2 aliphatic heterocycles. The number of nitrogens with one attached hydrogen (secondary N) is 1. The predicted octanol–water partition coefficient (Wildman–Crippen LogP) is 1.87. The maximum Gasteiger partial charge on any atom is 0.151 e. The first-order valence-corrected chi connectivity index (χ1v) is 9.43. The Labute approximate surface area is 166 Å². The van der Waals surface area contributed by atoms with E-state index in [1.54, 1.807) is 41.5 Å².